The van der Waals surface area contributed by atoms with Crippen LogP contribution in [0.1, 0.15) is 46.0 Å². The smallest absolute Gasteiger partial charge is 0.0141 e. The molecule has 0 aromatic rings. The highest BCUT2D eigenvalue weighted by atomic mass is 14.8. The Hall–Kier alpha value is -0.460. The standard InChI is InChI=1S/C11H21N/c1-3-4-5-6-7-12-9-11-8-10(11)2/h9-10,12H,3-8H2,1-2H3/b11-9-. The van der Waals surface area contributed by atoms with Gasteiger partial charge in [0.05, 0.1) is 0 Å². The zero-order valence-electron chi connectivity index (χ0n) is 8.40. The normalized spacial score (nSPS) is 24.5. The summed E-state index contributed by atoms with van der Waals surface area (Å²) >= 11 is 0. The lowest BCUT2D eigenvalue weighted by Gasteiger charge is -1.98. The van der Waals surface area contributed by atoms with Crippen molar-refractivity contribution in [3.05, 3.63) is 11.8 Å². The molecule has 1 nitrogen and oxygen atoms in total. The summed E-state index contributed by atoms with van der Waals surface area (Å²) < 4.78 is 0. The SMILES string of the molecule is CCCCCCN/C=C1/CC1C. The van der Waals surface area contributed by atoms with Crippen LogP contribution in [0.5, 0.6) is 0 Å². The summed E-state index contributed by atoms with van der Waals surface area (Å²) in [6.07, 6.45) is 8.96. The molecule has 0 heterocycles. The molecule has 1 aliphatic carbocycles. The minimum Gasteiger partial charge on any atom is -0.391 e. The summed E-state index contributed by atoms with van der Waals surface area (Å²) in [4.78, 5) is 0. The van der Waals surface area contributed by atoms with Crippen molar-refractivity contribution >= 4 is 0 Å². The van der Waals surface area contributed by atoms with Gasteiger partial charge < -0.3 is 5.32 Å². The monoisotopic (exact) mass is 167 g/mol. The number of nitrogens with one attached hydrogen (secondary N) is 1. The Morgan fingerprint density at radius 2 is 2.17 bits per heavy atom. The minimum absolute atomic E-state index is 0.869. The molecule has 1 aliphatic rings. The van der Waals surface area contributed by atoms with E-state index in [0.29, 0.717) is 0 Å². The van der Waals surface area contributed by atoms with Crippen LogP contribution in [-0.4, -0.2) is 6.54 Å². The summed E-state index contributed by atoms with van der Waals surface area (Å²) in [6.45, 7) is 5.70. The maximum Gasteiger partial charge on any atom is 0.0141 e. The molecule has 0 saturated heterocycles. The van der Waals surface area contributed by atoms with Crippen molar-refractivity contribution in [2.24, 2.45) is 5.92 Å². The Morgan fingerprint density at radius 3 is 2.75 bits per heavy atom. The van der Waals surface area contributed by atoms with Gasteiger partial charge in [0.25, 0.3) is 0 Å². The fourth-order valence-electron chi connectivity index (χ4n) is 1.35. The molecule has 0 radical (unpaired) electrons. The number of rotatable bonds is 6. The van der Waals surface area contributed by atoms with Crippen LogP contribution in [0.15, 0.2) is 11.8 Å². The van der Waals surface area contributed by atoms with Crippen molar-refractivity contribution in [3.8, 4) is 0 Å². The van der Waals surface area contributed by atoms with E-state index in [1.54, 1.807) is 5.57 Å². The van der Waals surface area contributed by atoms with Gasteiger partial charge in [0, 0.05) is 6.54 Å². The van der Waals surface area contributed by atoms with Crippen LogP contribution in [0.25, 0.3) is 0 Å². The summed E-state index contributed by atoms with van der Waals surface area (Å²) in [5, 5.41) is 3.37. The molecule has 1 unspecified atom stereocenters. The number of hydrogen-bond donors (Lipinski definition) is 1. The van der Waals surface area contributed by atoms with Gasteiger partial charge in [0.1, 0.15) is 0 Å². The van der Waals surface area contributed by atoms with Gasteiger partial charge >= 0.3 is 0 Å². The first-order valence-electron chi connectivity index (χ1n) is 5.27. The first kappa shape index (κ1) is 9.63. The molecule has 0 bridgehead atoms. The summed E-state index contributed by atoms with van der Waals surface area (Å²) in [5.41, 5.74) is 1.60. The molecule has 1 atom stereocenters. The van der Waals surface area contributed by atoms with E-state index >= 15 is 0 Å². The molecule has 1 fully saturated rings. The van der Waals surface area contributed by atoms with E-state index in [0.717, 1.165) is 12.5 Å². The molecule has 70 valence electrons. The second-order valence-electron chi connectivity index (χ2n) is 3.84. The van der Waals surface area contributed by atoms with Crippen molar-refractivity contribution in [3.63, 3.8) is 0 Å². The van der Waals surface area contributed by atoms with Crippen LogP contribution >= 0.6 is 0 Å². The molecule has 1 saturated carbocycles. The van der Waals surface area contributed by atoms with E-state index in [4.69, 9.17) is 0 Å². The Labute approximate surface area is 76.2 Å². The quantitative estimate of drug-likeness (QED) is 0.599. The second kappa shape index (κ2) is 5.23. The predicted octanol–water partition coefficient (Wildman–Crippen LogP) is 3.08. The van der Waals surface area contributed by atoms with Crippen LogP contribution in [-0.2, 0) is 0 Å². The van der Waals surface area contributed by atoms with Crippen molar-refractivity contribution in [1.82, 2.24) is 5.32 Å². The van der Waals surface area contributed by atoms with Gasteiger partial charge in [0.2, 0.25) is 0 Å². The Morgan fingerprint density at radius 1 is 1.42 bits per heavy atom. The van der Waals surface area contributed by atoms with Gasteiger partial charge in [-0.15, -0.1) is 0 Å². The van der Waals surface area contributed by atoms with Gasteiger partial charge in [-0.1, -0.05) is 38.7 Å². The molecule has 0 spiro atoms. The largest absolute Gasteiger partial charge is 0.391 e. The van der Waals surface area contributed by atoms with E-state index in [-0.39, 0.29) is 0 Å². The first-order valence-corrected chi connectivity index (χ1v) is 5.27. The lowest BCUT2D eigenvalue weighted by atomic mass is 10.2. The maximum absolute atomic E-state index is 3.37. The van der Waals surface area contributed by atoms with Crippen LogP contribution in [0.3, 0.4) is 0 Å². The molecule has 1 heteroatoms. The zero-order valence-corrected chi connectivity index (χ0v) is 8.40. The maximum atomic E-state index is 3.37. The third-order valence-electron chi connectivity index (χ3n) is 2.48. The second-order valence-corrected chi connectivity index (χ2v) is 3.84. The average Bonchev–Trinajstić information content (AvgIpc) is 2.74. The third-order valence-corrected chi connectivity index (χ3v) is 2.48. The van der Waals surface area contributed by atoms with Crippen LogP contribution in [0.4, 0.5) is 0 Å². The van der Waals surface area contributed by atoms with E-state index in [2.05, 4.69) is 25.4 Å². The molecule has 0 aliphatic heterocycles. The topological polar surface area (TPSA) is 12.0 Å². The van der Waals surface area contributed by atoms with Gasteiger partial charge in [0.15, 0.2) is 0 Å². The van der Waals surface area contributed by atoms with Crippen molar-refractivity contribution < 1.29 is 0 Å². The highest BCUT2D eigenvalue weighted by Gasteiger charge is 2.23. The number of hydrogen-bond acceptors (Lipinski definition) is 1. The number of unbranched alkanes of at least 4 members (excludes halogenated alkanes) is 3. The molecular formula is C11H21N. The average molecular weight is 167 g/mol. The number of allylic oxidation sites excluding steroid dienone is 1. The molecule has 0 amide bonds. The Kier molecular flexibility index (Phi) is 4.20. The molecule has 1 N–H and O–H groups in total. The van der Waals surface area contributed by atoms with Crippen LogP contribution < -0.4 is 5.32 Å². The Balaban J connectivity index is 1.83. The summed E-state index contributed by atoms with van der Waals surface area (Å²) in [6, 6.07) is 0. The van der Waals surface area contributed by atoms with Crippen LogP contribution in [0, 0.1) is 5.92 Å². The van der Waals surface area contributed by atoms with E-state index in [1.807, 2.05) is 0 Å². The molecule has 0 aromatic heterocycles. The molecular weight excluding hydrogens is 146 g/mol. The fourth-order valence-corrected chi connectivity index (χ4v) is 1.35. The minimum atomic E-state index is 0.869. The zero-order chi connectivity index (χ0) is 8.81. The first-order chi connectivity index (χ1) is 5.84. The van der Waals surface area contributed by atoms with Crippen molar-refractivity contribution in [2.45, 2.75) is 46.0 Å². The molecule has 0 aromatic carbocycles. The highest BCUT2D eigenvalue weighted by Crippen LogP contribution is 2.35. The van der Waals surface area contributed by atoms with E-state index < -0.39 is 0 Å². The van der Waals surface area contributed by atoms with E-state index in [9.17, 15) is 0 Å². The van der Waals surface area contributed by atoms with Gasteiger partial charge in [-0.05, 0) is 25.0 Å². The molecule has 1 rings (SSSR count). The summed E-state index contributed by atoms with van der Waals surface area (Å²) in [5.74, 6) is 0.869. The van der Waals surface area contributed by atoms with Crippen LogP contribution in [0.2, 0.25) is 0 Å². The fraction of sp³-hybridized carbons (Fsp3) is 0.818. The third kappa shape index (κ3) is 3.80. The lowest BCUT2D eigenvalue weighted by Crippen LogP contribution is -2.06. The van der Waals surface area contributed by atoms with Gasteiger partial charge in [-0.3, -0.25) is 0 Å². The highest BCUT2D eigenvalue weighted by molar-refractivity contribution is 5.20. The molecule has 12 heavy (non-hydrogen) atoms. The van der Waals surface area contributed by atoms with Gasteiger partial charge in [-0.25, -0.2) is 0 Å². The Bertz CT molecular complexity index is 149. The van der Waals surface area contributed by atoms with Gasteiger partial charge in [-0.2, -0.15) is 0 Å². The summed E-state index contributed by atoms with van der Waals surface area (Å²) in [7, 11) is 0. The van der Waals surface area contributed by atoms with Crippen molar-refractivity contribution in [2.75, 3.05) is 6.54 Å². The van der Waals surface area contributed by atoms with Crippen molar-refractivity contribution in [1.29, 1.82) is 0 Å². The van der Waals surface area contributed by atoms with E-state index in [1.165, 1.54) is 32.1 Å². The predicted molar refractivity (Wildman–Crippen MR) is 54.0 cm³/mol. The lowest BCUT2D eigenvalue weighted by molar-refractivity contribution is 0.645.